The molecule has 0 aromatic carbocycles. The van der Waals surface area contributed by atoms with Gasteiger partial charge in [0, 0.05) is 0 Å². The molecule has 3 nitrogen and oxygen atoms in total. The van der Waals surface area contributed by atoms with Crippen molar-refractivity contribution in [2.45, 2.75) is 18.5 Å². The van der Waals surface area contributed by atoms with Crippen molar-refractivity contribution < 1.29 is 45.0 Å². The predicted molar refractivity (Wildman–Crippen MR) is 43.1 cm³/mol. The number of halogens is 7. The molecule has 0 atom stereocenters. The van der Waals surface area contributed by atoms with Gasteiger partial charge in [0.15, 0.2) is 0 Å². The highest BCUT2D eigenvalue weighted by Gasteiger charge is 2.57. The first-order valence-electron chi connectivity index (χ1n) is 4.23. The quantitative estimate of drug-likeness (QED) is 0.337. The molecule has 0 N–H and O–H groups in total. The molecule has 18 heavy (non-hydrogen) atoms. The van der Waals surface area contributed by atoms with Crippen LogP contribution in [0.25, 0.3) is 0 Å². The van der Waals surface area contributed by atoms with Crippen molar-refractivity contribution in [3.63, 3.8) is 0 Å². The Hall–Kier alpha value is -1.32. The molecule has 0 bridgehead atoms. The Bertz CT molecular complexity index is 293. The van der Waals surface area contributed by atoms with Crippen LogP contribution in [0.3, 0.4) is 0 Å². The molecule has 0 radical (unpaired) electrons. The van der Waals surface area contributed by atoms with Crippen molar-refractivity contribution in [3.8, 4) is 0 Å². The van der Waals surface area contributed by atoms with Gasteiger partial charge in [-0.1, -0.05) is 6.58 Å². The molecule has 0 amide bonds. The summed E-state index contributed by atoms with van der Waals surface area (Å²) < 4.78 is 90.8. The summed E-state index contributed by atoms with van der Waals surface area (Å²) in [5.41, 5.74) is 0. The van der Waals surface area contributed by atoms with E-state index in [9.17, 15) is 35.5 Å². The second-order valence-electron chi connectivity index (χ2n) is 2.87. The van der Waals surface area contributed by atoms with E-state index in [0.717, 1.165) is 0 Å². The van der Waals surface area contributed by atoms with Crippen LogP contribution >= 0.6 is 0 Å². The average molecular weight is 284 g/mol. The normalized spacial score (nSPS) is 12.7. The van der Waals surface area contributed by atoms with Crippen LogP contribution in [0.4, 0.5) is 30.7 Å². The van der Waals surface area contributed by atoms with Gasteiger partial charge in [-0.25, -0.2) is 4.79 Å². The first-order chi connectivity index (χ1) is 7.96. The van der Waals surface area contributed by atoms with Crippen LogP contribution < -0.4 is 0 Å². The van der Waals surface area contributed by atoms with Crippen molar-refractivity contribution >= 4 is 5.97 Å². The smallest absolute Gasteiger partial charge is 0.423 e. The number of rotatable bonds is 5. The van der Waals surface area contributed by atoms with Gasteiger partial charge in [-0.15, -0.1) is 0 Å². The molecule has 0 heterocycles. The van der Waals surface area contributed by atoms with Crippen LogP contribution in [0.2, 0.25) is 0 Å². The van der Waals surface area contributed by atoms with E-state index in [1.807, 2.05) is 0 Å². The van der Waals surface area contributed by atoms with Gasteiger partial charge in [0.25, 0.3) is 0 Å². The first kappa shape index (κ1) is 16.7. The minimum absolute atomic E-state index is 0.968. The Morgan fingerprint density at radius 2 is 1.50 bits per heavy atom. The Labute approximate surface area is 96.2 Å². The lowest BCUT2D eigenvalue weighted by atomic mass is 10.3. The van der Waals surface area contributed by atoms with Crippen LogP contribution in [-0.4, -0.2) is 37.6 Å². The van der Waals surface area contributed by atoms with Gasteiger partial charge in [-0.3, -0.25) is 0 Å². The van der Waals surface area contributed by atoms with Gasteiger partial charge in [0.05, 0.1) is 6.61 Å². The maximum absolute atomic E-state index is 12.0. The summed E-state index contributed by atoms with van der Waals surface area (Å²) in [4.78, 5) is 10.4. The minimum atomic E-state index is -5.65. The molecule has 0 aromatic heterocycles. The van der Waals surface area contributed by atoms with Crippen molar-refractivity contribution in [2.75, 3.05) is 13.2 Å². The highest BCUT2D eigenvalue weighted by Crippen LogP contribution is 2.35. The third-order valence-corrected chi connectivity index (χ3v) is 1.42. The zero-order chi connectivity index (χ0) is 14.6. The molecule has 0 aliphatic rings. The molecule has 106 valence electrons. The molecule has 0 fully saturated rings. The van der Waals surface area contributed by atoms with Gasteiger partial charge in [0.2, 0.25) is 11.9 Å². The largest absolute Gasteiger partial charge is 0.458 e. The van der Waals surface area contributed by atoms with Gasteiger partial charge in [-0.05, 0) is 0 Å². The third kappa shape index (κ3) is 5.84. The summed E-state index contributed by atoms with van der Waals surface area (Å²) in [6, 6.07) is 0. The lowest BCUT2D eigenvalue weighted by Crippen LogP contribution is -2.44. The van der Waals surface area contributed by atoms with E-state index in [2.05, 4.69) is 16.1 Å². The van der Waals surface area contributed by atoms with E-state index in [4.69, 9.17) is 0 Å². The summed E-state index contributed by atoms with van der Waals surface area (Å²) in [5, 5.41) is 0. The van der Waals surface area contributed by atoms with Crippen LogP contribution in [0.15, 0.2) is 12.4 Å². The van der Waals surface area contributed by atoms with Gasteiger partial charge >= 0.3 is 18.3 Å². The molecule has 0 rings (SSSR count). The van der Waals surface area contributed by atoms with Crippen LogP contribution in [-0.2, 0) is 14.3 Å². The molecule has 0 spiro atoms. The van der Waals surface area contributed by atoms with Gasteiger partial charge in [0.1, 0.15) is 6.61 Å². The zero-order valence-electron chi connectivity index (χ0n) is 8.57. The van der Waals surface area contributed by atoms with Crippen molar-refractivity contribution in [1.82, 2.24) is 0 Å². The fourth-order valence-corrected chi connectivity index (χ4v) is 0.753. The van der Waals surface area contributed by atoms with Crippen molar-refractivity contribution in [2.24, 2.45) is 0 Å². The molecule has 0 saturated carbocycles. The number of esters is 1. The third-order valence-electron chi connectivity index (χ3n) is 1.42. The Kier molecular flexibility index (Phi) is 5.58. The Morgan fingerprint density at radius 1 is 1.06 bits per heavy atom. The van der Waals surface area contributed by atoms with Crippen molar-refractivity contribution in [1.29, 1.82) is 0 Å². The number of alkyl halides is 6. The molecule has 0 aliphatic heterocycles. The minimum Gasteiger partial charge on any atom is -0.458 e. The zero-order valence-corrected chi connectivity index (χ0v) is 8.57. The highest BCUT2D eigenvalue weighted by atomic mass is 19.4. The summed E-state index contributed by atoms with van der Waals surface area (Å²) >= 11 is 0. The monoisotopic (exact) mass is 284 g/mol. The van der Waals surface area contributed by atoms with Gasteiger partial charge in [-0.2, -0.15) is 30.7 Å². The summed E-state index contributed by atoms with van der Waals surface area (Å²) in [7, 11) is 0. The van der Waals surface area contributed by atoms with Gasteiger partial charge < -0.3 is 9.47 Å². The van der Waals surface area contributed by atoms with Crippen LogP contribution in [0.1, 0.15) is 0 Å². The van der Waals surface area contributed by atoms with Crippen LogP contribution in [0.5, 0.6) is 0 Å². The fourth-order valence-electron chi connectivity index (χ4n) is 0.753. The maximum Gasteiger partial charge on any atom is 0.423 e. The Balaban J connectivity index is 4.24. The fraction of sp³-hybridized carbons (Fsp3) is 0.625. The topological polar surface area (TPSA) is 35.5 Å². The SMILES string of the molecule is C=C(F)C(=O)OCCOC(C(F)(F)F)C(F)(F)F. The molecular formula is C8H7F7O3. The molecule has 0 saturated heterocycles. The predicted octanol–water partition coefficient (Wildman–Crippen LogP) is 2.52. The number of carbonyl (C=O) groups is 1. The molecule has 0 aliphatic carbocycles. The molecular weight excluding hydrogens is 277 g/mol. The Morgan fingerprint density at radius 3 is 1.83 bits per heavy atom. The van der Waals surface area contributed by atoms with E-state index in [-0.39, 0.29) is 0 Å². The number of carbonyl (C=O) groups excluding carboxylic acids is 1. The van der Waals surface area contributed by atoms with E-state index in [0.29, 0.717) is 0 Å². The lowest BCUT2D eigenvalue weighted by molar-refractivity contribution is -0.322. The summed E-state index contributed by atoms with van der Waals surface area (Å²) in [5.74, 6) is -3.12. The molecule has 10 heteroatoms. The second-order valence-corrected chi connectivity index (χ2v) is 2.87. The van der Waals surface area contributed by atoms with E-state index < -0.39 is 43.5 Å². The first-order valence-corrected chi connectivity index (χ1v) is 4.23. The van der Waals surface area contributed by atoms with E-state index in [1.165, 1.54) is 0 Å². The maximum atomic E-state index is 12.0. The summed E-state index contributed by atoms with van der Waals surface area (Å²) in [6.07, 6.45) is -15.3. The molecule has 0 aromatic rings. The van der Waals surface area contributed by atoms with Crippen molar-refractivity contribution in [3.05, 3.63) is 12.4 Å². The van der Waals surface area contributed by atoms with Crippen LogP contribution in [0, 0.1) is 0 Å². The highest BCUT2D eigenvalue weighted by molar-refractivity contribution is 5.85. The lowest BCUT2D eigenvalue weighted by Gasteiger charge is -2.22. The standard InChI is InChI=1S/C8H7F7O3/c1-4(9)5(16)17-2-3-18-6(7(10,11)12)8(13,14)15/h6H,1-3H2. The number of hydrogen-bond acceptors (Lipinski definition) is 3. The molecule has 0 unspecified atom stereocenters. The number of hydrogen-bond donors (Lipinski definition) is 0. The number of ether oxygens (including phenoxy) is 2. The van der Waals surface area contributed by atoms with E-state index >= 15 is 0 Å². The average Bonchev–Trinajstić information content (AvgIpc) is 2.12. The second kappa shape index (κ2) is 6.03. The van der Waals surface area contributed by atoms with E-state index in [1.54, 1.807) is 0 Å². The summed E-state index contributed by atoms with van der Waals surface area (Å²) in [6.45, 7) is 0.346.